The van der Waals surface area contributed by atoms with Crippen molar-refractivity contribution in [1.82, 2.24) is 5.32 Å². The first kappa shape index (κ1) is 14.4. The van der Waals surface area contributed by atoms with Gasteiger partial charge in [0.05, 0.1) is 6.10 Å². The van der Waals surface area contributed by atoms with E-state index >= 15 is 0 Å². The van der Waals surface area contributed by atoms with E-state index in [1.54, 1.807) is 0 Å². The summed E-state index contributed by atoms with van der Waals surface area (Å²) in [4.78, 5) is 9.60. The van der Waals surface area contributed by atoms with Crippen molar-refractivity contribution in [1.29, 1.82) is 0 Å². The Bertz CT molecular complexity index is 171. The van der Waals surface area contributed by atoms with Crippen molar-refractivity contribution in [2.24, 2.45) is 5.92 Å². The van der Waals surface area contributed by atoms with E-state index in [4.69, 9.17) is 5.11 Å². The third-order valence-electron chi connectivity index (χ3n) is 1.94. The zero-order chi connectivity index (χ0) is 11.9. The highest BCUT2D eigenvalue weighted by atomic mass is 16.5. The van der Waals surface area contributed by atoms with Gasteiger partial charge in [0.25, 0.3) is 6.47 Å². The molecule has 0 amide bonds. The number of nitrogens with one attached hydrogen (secondary N) is 1. The number of aliphatic hydroxyl groups excluding tert-OH is 1. The molecule has 1 aliphatic rings. The minimum absolute atomic E-state index is 0.109. The van der Waals surface area contributed by atoms with Gasteiger partial charge in [0, 0.05) is 0 Å². The normalized spacial score (nSPS) is 18.2. The van der Waals surface area contributed by atoms with Gasteiger partial charge in [-0.05, 0) is 53.1 Å². The molecule has 0 aromatic heterocycles. The molecule has 1 rings (SSSR count). The molecular weight excluding hydrogens is 194 g/mol. The van der Waals surface area contributed by atoms with Crippen LogP contribution in [0.15, 0.2) is 0 Å². The van der Waals surface area contributed by atoms with Gasteiger partial charge in [-0.15, -0.1) is 0 Å². The molecule has 0 spiro atoms. The van der Waals surface area contributed by atoms with E-state index in [0.29, 0.717) is 6.47 Å². The zero-order valence-electron chi connectivity index (χ0n) is 10.1. The summed E-state index contributed by atoms with van der Waals surface area (Å²) in [6.45, 7) is 9.97. The maximum absolute atomic E-state index is 9.60. The van der Waals surface area contributed by atoms with Crippen LogP contribution in [-0.4, -0.2) is 36.4 Å². The molecule has 1 unspecified atom stereocenters. The number of hydrogen-bond acceptors (Lipinski definition) is 4. The molecule has 1 saturated heterocycles. The van der Waals surface area contributed by atoms with E-state index in [-0.39, 0.29) is 11.7 Å². The smallest absolute Gasteiger partial charge is 0.293 e. The van der Waals surface area contributed by atoms with Crippen LogP contribution in [0.1, 0.15) is 34.1 Å². The van der Waals surface area contributed by atoms with Crippen LogP contribution in [0.25, 0.3) is 0 Å². The summed E-state index contributed by atoms with van der Waals surface area (Å²) < 4.78 is 4.55. The van der Waals surface area contributed by atoms with E-state index in [1.165, 1.54) is 0 Å². The predicted octanol–water partition coefficient (Wildman–Crippen LogP) is 0.935. The van der Waals surface area contributed by atoms with Crippen molar-refractivity contribution >= 4 is 6.47 Å². The van der Waals surface area contributed by atoms with Gasteiger partial charge in [0.2, 0.25) is 0 Å². The Kier molecular flexibility index (Phi) is 6.52. The van der Waals surface area contributed by atoms with Crippen LogP contribution >= 0.6 is 0 Å². The van der Waals surface area contributed by atoms with Gasteiger partial charge in [-0.2, -0.15) is 0 Å². The molecule has 4 heteroatoms. The lowest BCUT2D eigenvalue weighted by Crippen LogP contribution is -2.43. The molecule has 0 aromatic rings. The summed E-state index contributed by atoms with van der Waals surface area (Å²) in [6, 6.07) is 0. The highest BCUT2D eigenvalue weighted by molar-refractivity contribution is 5.37. The number of ether oxygens (including phenoxy) is 1. The van der Waals surface area contributed by atoms with Crippen LogP contribution in [0.3, 0.4) is 0 Å². The summed E-state index contributed by atoms with van der Waals surface area (Å²) in [7, 11) is 0. The topological polar surface area (TPSA) is 58.6 Å². The Morgan fingerprint density at radius 2 is 2.07 bits per heavy atom. The van der Waals surface area contributed by atoms with Crippen molar-refractivity contribution in [2.75, 3.05) is 13.1 Å². The maximum atomic E-state index is 9.60. The molecule has 1 aliphatic heterocycles. The molecule has 90 valence electrons. The Hall–Kier alpha value is -0.610. The minimum Gasteiger partial charge on any atom is -0.462 e. The maximum Gasteiger partial charge on any atom is 0.293 e. The number of aliphatic hydroxyl groups is 1. The SMILES string of the molecule is CC(C)(C)OC=O.CC(O)CC1CNC1. The number of rotatable bonds is 3. The molecule has 0 radical (unpaired) electrons. The lowest BCUT2D eigenvalue weighted by atomic mass is 9.97. The van der Waals surface area contributed by atoms with Gasteiger partial charge in [-0.1, -0.05) is 0 Å². The average Bonchev–Trinajstić information content (AvgIpc) is 1.95. The van der Waals surface area contributed by atoms with Crippen LogP contribution in [0.2, 0.25) is 0 Å². The fourth-order valence-electron chi connectivity index (χ4n) is 1.14. The zero-order valence-corrected chi connectivity index (χ0v) is 10.1. The second kappa shape index (κ2) is 6.80. The molecule has 4 nitrogen and oxygen atoms in total. The Balaban J connectivity index is 0.000000265. The van der Waals surface area contributed by atoms with Gasteiger partial charge < -0.3 is 15.2 Å². The molecule has 0 aliphatic carbocycles. The summed E-state index contributed by atoms with van der Waals surface area (Å²) in [5.41, 5.74) is -0.318. The third kappa shape index (κ3) is 9.69. The summed E-state index contributed by atoms with van der Waals surface area (Å²) >= 11 is 0. The van der Waals surface area contributed by atoms with Crippen molar-refractivity contribution in [3.8, 4) is 0 Å². The lowest BCUT2D eigenvalue weighted by Gasteiger charge is -2.27. The highest BCUT2D eigenvalue weighted by Crippen LogP contribution is 2.09. The Morgan fingerprint density at radius 3 is 2.13 bits per heavy atom. The predicted molar refractivity (Wildman–Crippen MR) is 59.6 cm³/mol. The van der Waals surface area contributed by atoms with E-state index in [1.807, 2.05) is 27.7 Å². The second-order valence-electron chi connectivity index (χ2n) is 4.94. The largest absolute Gasteiger partial charge is 0.462 e. The lowest BCUT2D eigenvalue weighted by molar-refractivity contribution is -0.138. The molecule has 2 N–H and O–H groups in total. The monoisotopic (exact) mass is 217 g/mol. The number of carbonyl (C=O) groups is 1. The minimum atomic E-state index is -0.318. The van der Waals surface area contributed by atoms with Crippen molar-refractivity contribution < 1.29 is 14.6 Å². The quantitative estimate of drug-likeness (QED) is 0.691. The van der Waals surface area contributed by atoms with Crippen LogP contribution in [0.5, 0.6) is 0 Å². The molecule has 0 saturated carbocycles. The number of hydrogen-bond donors (Lipinski definition) is 2. The standard InChI is InChI=1S/C6H13NO.C5H10O2/c1-5(8)2-6-3-7-4-6;1-5(2,3)7-4-6/h5-8H,2-4H2,1H3;4H,1-3H3. The highest BCUT2D eigenvalue weighted by Gasteiger charge is 2.17. The van der Waals surface area contributed by atoms with E-state index < -0.39 is 0 Å². The van der Waals surface area contributed by atoms with Gasteiger partial charge in [0.1, 0.15) is 5.60 Å². The van der Waals surface area contributed by atoms with Crippen LogP contribution < -0.4 is 5.32 Å². The Morgan fingerprint density at radius 1 is 1.53 bits per heavy atom. The first-order chi connectivity index (χ1) is 6.85. The van der Waals surface area contributed by atoms with E-state index in [2.05, 4.69) is 10.1 Å². The molecule has 0 bridgehead atoms. The van der Waals surface area contributed by atoms with Crippen LogP contribution in [-0.2, 0) is 9.53 Å². The fraction of sp³-hybridized carbons (Fsp3) is 0.909. The molecule has 0 aromatic carbocycles. The van der Waals surface area contributed by atoms with Crippen molar-refractivity contribution in [2.45, 2.75) is 45.8 Å². The molecule has 1 fully saturated rings. The third-order valence-corrected chi connectivity index (χ3v) is 1.94. The summed E-state index contributed by atoms with van der Waals surface area (Å²) in [5.74, 6) is 0.745. The van der Waals surface area contributed by atoms with Gasteiger partial charge in [0.15, 0.2) is 0 Å². The fourth-order valence-corrected chi connectivity index (χ4v) is 1.14. The van der Waals surface area contributed by atoms with Crippen molar-refractivity contribution in [3.63, 3.8) is 0 Å². The van der Waals surface area contributed by atoms with E-state index in [9.17, 15) is 4.79 Å². The second-order valence-corrected chi connectivity index (χ2v) is 4.94. The van der Waals surface area contributed by atoms with Gasteiger partial charge >= 0.3 is 0 Å². The van der Waals surface area contributed by atoms with E-state index in [0.717, 1.165) is 25.4 Å². The average molecular weight is 217 g/mol. The summed E-state index contributed by atoms with van der Waals surface area (Å²) in [6.07, 6.45) is 0.856. The molecular formula is C11H23NO3. The van der Waals surface area contributed by atoms with Gasteiger partial charge in [-0.25, -0.2) is 0 Å². The number of carbonyl (C=O) groups excluding carboxylic acids is 1. The van der Waals surface area contributed by atoms with Crippen molar-refractivity contribution in [3.05, 3.63) is 0 Å². The molecule has 1 heterocycles. The Labute approximate surface area is 92.0 Å². The summed E-state index contributed by atoms with van der Waals surface area (Å²) in [5, 5.41) is 12.0. The first-order valence-corrected chi connectivity index (χ1v) is 5.35. The molecule has 1 atom stereocenters. The molecule has 15 heavy (non-hydrogen) atoms. The van der Waals surface area contributed by atoms with Crippen LogP contribution in [0.4, 0.5) is 0 Å². The first-order valence-electron chi connectivity index (χ1n) is 5.35. The van der Waals surface area contributed by atoms with Crippen LogP contribution in [0, 0.1) is 5.92 Å². The van der Waals surface area contributed by atoms with Gasteiger partial charge in [-0.3, -0.25) is 4.79 Å².